The van der Waals surface area contributed by atoms with E-state index in [0.29, 0.717) is 18.4 Å². The lowest BCUT2D eigenvalue weighted by Gasteiger charge is -2.07. The molecule has 0 saturated carbocycles. The van der Waals surface area contributed by atoms with Crippen LogP contribution in [-0.4, -0.2) is 24.7 Å². The summed E-state index contributed by atoms with van der Waals surface area (Å²) in [4.78, 5) is 4.12. The smallest absolute Gasteiger partial charge is 0.295 e. The zero-order chi connectivity index (χ0) is 15.2. The van der Waals surface area contributed by atoms with Crippen LogP contribution in [0.25, 0.3) is 11.1 Å². The van der Waals surface area contributed by atoms with E-state index >= 15 is 0 Å². The second-order valence-corrected chi connectivity index (χ2v) is 4.43. The molecule has 0 aliphatic heterocycles. The maximum Gasteiger partial charge on any atom is 0.295 e. The second-order valence-electron chi connectivity index (χ2n) is 4.43. The molecular weight excluding hydrogens is 280 g/mol. The number of nitrogens with two attached hydrogens (primary N) is 1. The molecule has 0 saturated heterocycles. The number of rotatable bonds is 7. The van der Waals surface area contributed by atoms with Gasteiger partial charge in [0.25, 0.3) is 6.01 Å². The van der Waals surface area contributed by atoms with Gasteiger partial charge in [0.1, 0.15) is 12.1 Å². The fourth-order valence-corrected chi connectivity index (χ4v) is 1.67. The highest BCUT2D eigenvalue weighted by Gasteiger charge is 2.15. The molecule has 0 amide bonds. The predicted molar refractivity (Wildman–Crippen MR) is 76.5 cm³/mol. The molecule has 1 heterocycles. The number of aromatic nitrogens is 1. The number of nitrogens with one attached hydrogen (secondary N) is 1. The van der Waals surface area contributed by atoms with Crippen LogP contribution < -0.4 is 15.8 Å². The van der Waals surface area contributed by atoms with E-state index in [1.165, 1.54) is 6.07 Å². The summed E-state index contributed by atoms with van der Waals surface area (Å²) in [7, 11) is 0. The van der Waals surface area contributed by atoms with E-state index in [1.54, 1.807) is 6.07 Å². The van der Waals surface area contributed by atoms with Gasteiger partial charge < -0.3 is 20.2 Å². The Morgan fingerprint density at radius 1 is 1.52 bits per heavy atom. The molecule has 0 aliphatic carbocycles. The van der Waals surface area contributed by atoms with Gasteiger partial charge in [0, 0.05) is 18.7 Å². The first-order valence-electron chi connectivity index (χ1n) is 6.63. The lowest BCUT2D eigenvalue weighted by atomic mass is 10.3. The molecule has 2 aromatic rings. The summed E-state index contributed by atoms with van der Waals surface area (Å²) in [6.07, 6.45) is 1.25. The largest absolute Gasteiger partial charge is 0.486 e. The summed E-state index contributed by atoms with van der Waals surface area (Å²) in [6, 6.07) is 3.26. The van der Waals surface area contributed by atoms with Crippen molar-refractivity contribution in [3.8, 4) is 5.75 Å². The van der Waals surface area contributed by atoms with Crippen LogP contribution in [0.1, 0.15) is 13.3 Å². The second kappa shape index (κ2) is 7.03. The molecule has 7 heteroatoms. The number of nitrogens with zero attached hydrogens (tertiary/aromatic N) is 1. The average molecular weight is 297 g/mol. The molecule has 0 spiro atoms. The SMILES string of the molecule is CCCNc1nc2ccc(OCC(=CF)CN)c(F)c2o1. The Morgan fingerprint density at radius 3 is 3.00 bits per heavy atom. The maximum absolute atomic E-state index is 14.2. The van der Waals surface area contributed by atoms with Crippen molar-refractivity contribution < 1.29 is 17.9 Å². The summed E-state index contributed by atoms with van der Waals surface area (Å²) >= 11 is 0. The van der Waals surface area contributed by atoms with E-state index in [9.17, 15) is 8.78 Å². The topological polar surface area (TPSA) is 73.3 Å². The van der Waals surface area contributed by atoms with Crippen LogP contribution in [0, 0.1) is 5.82 Å². The van der Waals surface area contributed by atoms with Crippen LogP contribution in [0.15, 0.2) is 28.5 Å². The highest BCUT2D eigenvalue weighted by atomic mass is 19.1. The Hall–Kier alpha value is -2.15. The summed E-state index contributed by atoms with van der Waals surface area (Å²) in [5, 5.41) is 2.94. The van der Waals surface area contributed by atoms with Gasteiger partial charge in [-0.1, -0.05) is 6.92 Å². The van der Waals surface area contributed by atoms with Gasteiger partial charge in [-0.3, -0.25) is 0 Å². The number of ether oxygens (including phenoxy) is 1. The highest BCUT2D eigenvalue weighted by molar-refractivity contribution is 5.77. The predicted octanol–water partition coefficient (Wildman–Crippen LogP) is 2.98. The minimum atomic E-state index is -0.667. The molecular formula is C14H17F2N3O2. The first-order valence-corrected chi connectivity index (χ1v) is 6.63. The van der Waals surface area contributed by atoms with Crippen molar-refractivity contribution in [1.29, 1.82) is 0 Å². The van der Waals surface area contributed by atoms with Crippen LogP contribution in [0.5, 0.6) is 5.75 Å². The number of anilines is 1. The third-order valence-corrected chi connectivity index (χ3v) is 2.82. The molecule has 3 N–H and O–H groups in total. The van der Waals surface area contributed by atoms with Gasteiger partial charge >= 0.3 is 0 Å². The monoisotopic (exact) mass is 297 g/mol. The third kappa shape index (κ3) is 3.49. The van der Waals surface area contributed by atoms with Crippen molar-refractivity contribution >= 4 is 17.1 Å². The number of oxazole rings is 1. The molecule has 0 bridgehead atoms. The van der Waals surface area contributed by atoms with Crippen LogP contribution >= 0.6 is 0 Å². The molecule has 0 aliphatic rings. The minimum Gasteiger partial charge on any atom is -0.486 e. The molecule has 21 heavy (non-hydrogen) atoms. The number of hydrogen-bond donors (Lipinski definition) is 2. The Bertz CT molecular complexity index is 640. The zero-order valence-electron chi connectivity index (χ0n) is 11.7. The van der Waals surface area contributed by atoms with Crippen LogP contribution in [0.3, 0.4) is 0 Å². The van der Waals surface area contributed by atoms with Crippen molar-refractivity contribution in [2.24, 2.45) is 5.73 Å². The van der Waals surface area contributed by atoms with Gasteiger partial charge in [-0.15, -0.1) is 0 Å². The average Bonchev–Trinajstić information content (AvgIpc) is 2.92. The van der Waals surface area contributed by atoms with Gasteiger partial charge in [-0.2, -0.15) is 9.37 Å². The Kier molecular flexibility index (Phi) is 5.10. The summed E-state index contributed by atoms with van der Waals surface area (Å²) in [5.74, 6) is -0.701. The van der Waals surface area contributed by atoms with Gasteiger partial charge in [-0.05, 0) is 18.6 Å². The number of benzene rings is 1. The zero-order valence-corrected chi connectivity index (χ0v) is 11.7. The van der Waals surface area contributed by atoms with E-state index in [2.05, 4.69) is 10.3 Å². The Morgan fingerprint density at radius 2 is 2.33 bits per heavy atom. The molecule has 2 rings (SSSR count). The minimum absolute atomic E-state index is 0.00429. The van der Waals surface area contributed by atoms with Gasteiger partial charge in [0.05, 0.1) is 6.33 Å². The van der Waals surface area contributed by atoms with E-state index in [4.69, 9.17) is 14.9 Å². The summed E-state index contributed by atoms with van der Waals surface area (Å²) in [5.41, 5.74) is 5.93. The van der Waals surface area contributed by atoms with Crippen molar-refractivity contribution in [2.75, 3.05) is 25.0 Å². The van der Waals surface area contributed by atoms with E-state index in [0.717, 1.165) is 6.42 Å². The summed E-state index contributed by atoms with van der Waals surface area (Å²) < 4.78 is 37.1. The maximum atomic E-state index is 14.2. The van der Waals surface area contributed by atoms with E-state index in [-0.39, 0.29) is 36.1 Å². The number of fused-ring (bicyclic) bond motifs is 1. The van der Waals surface area contributed by atoms with Crippen LogP contribution in [0.4, 0.5) is 14.8 Å². The first-order chi connectivity index (χ1) is 10.2. The molecule has 0 atom stereocenters. The van der Waals surface area contributed by atoms with Gasteiger partial charge in [0.2, 0.25) is 5.82 Å². The highest BCUT2D eigenvalue weighted by Crippen LogP contribution is 2.28. The van der Waals surface area contributed by atoms with Crippen LogP contribution in [0.2, 0.25) is 0 Å². The first kappa shape index (κ1) is 15.2. The fourth-order valence-electron chi connectivity index (χ4n) is 1.67. The third-order valence-electron chi connectivity index (χ3n) is 2.82. The molecule has 0 radical (unpaired) electrons. The Balaban J connectivity index is 2.20. The molecule has 5 nitrogen and oxygen atoms in total. The van der Waals surface area contributed by atoms with Crippen molar-refractivity contribution in [1.82, 2.24) is 4.98 Å². The van der Waals surface area contributed by atoms with Gasteiger partial charge in [-0.25, -0.2) is 4.39 Å². The van der Waals surface area contributed by atoms with Crippen molar-refractivity contribution in [2.45, 2.75) is 13.3 Å². The van der Waals surface area contributed by atoms with E-state index in [1.807, 2.05) is 6.92 Å². The fraction of sp³-hybridized carbons (Fsp3) is 0.357. The standard InChI is InChI=1S/C14H17F2N3O2/c1-2-5-18-14-19-10-3-4-11(12(16)13(10)21-14)20-8-9(6-15)7-17/h3-4,6H,2,5,7-8,17H2,1H3,(H,18,19). The van der Waals surface area contributed by atoms with Crippen LogP contribution in [-0.2, 0) is 0 Å². The Labute approximate surface area is 120 Å². The normalized spacial score (nSPS) is 11.9. The van der Waals surface area contributed by atoms with Crippen molar-refractivity contribution in [3.63, 3.8) is 0 Å². The van der Waals surface area contributed by atoms with Crippen molar-refractivity contribution in [3.05, 3.63) is 29.9 Å². The lowest BCUT2D eigenvalue weighted by molar-refractivity contribution is 0.328. The lowest BCUT2D eigenvalue weighted by Crippen LogP contribution is -2.11. The molecule has 1 aromatic carbocycles. The van der Waals surface area contributed by atoms with E-state index < -0.39 is 5.82 Å². The molecule has 0 unspecified atom stereocenters. The molecule has 114 valence electrons. The van der Waals surface area contributed by atoms with Gasteiger partial charge in [0.15, 0.2) is 11.3 Å². The molecule has 0 fully saturated rings. The number of halogens is 2. The number of hydrogen-bond acceptors (Lipinski definition) is 5. The summed E-state index contributed by atoms with van der Waals surface area (Å²) in [6.45, 7) is 2.56. The molecule has 1 aromatic heterocycles. The quantitative estimate of drug-likeness (QED) is 0.822.